The highest BCUT2D eigenvalue weighted by atomic mass is 35.5. The van der Waals surface area contributed by atoms with Crippen molar-refractivity contribution >= 4 is 29.9 Å². The third kappa shape index (κ3) is 3.62. The lowest BCUT2D eigenvalue weighted by Crippen LogP contribution is -2.45. The van der Waals surface area contributed by atoms with Gasteiger partial charge < -0.3 is 10.6 Å². The van der Waals surface area contributed by atoms with Crippen LogP contribution in [0.2, 0.25) is 5.02 Å². The molecule has 0 aliphatic carbocycles. The van der Waals surface area contributed by atoms with Crippen LogP contribution in [-0.2, 0) is 0 Å². The average molecular weight is 321 g/mol. The van der Waals surface area contributed by atoms with Gasteiger partial charge in [-0.05, 0) is 37.8 Å². The maximum atomic E-state index is 13.8. The molecule has 20 heavy (non-hydrogen) atoms. The quantitative estimate of drug-likeness (QED) is 0.910. The van der Waals surface area contributed by atoms with Crippen molar-refractivity contribution in [1.29, 1.82) is 0 Å². The van der Waals surface area contributed by atoms with Crippen molar-refractivity contribution in [2.45, 2.75) is 25.8 Å². The minimum atomic E-state index is -0.569. The van der Waals surface area contributed by atoms with Gasteiger partial charge in [0.05, 0.1) is 10.6 Å². The maximum absolute atomic E-state index is 13.8. The van der Waals surface area contributed by atoms with Gasteiger partial charge >= 0.3 is 0 Å². The van der Waals surface area contributed by atoms with Crippen LogP contribution >= 0.6 is 24.0 Å². The third-order valence-electron chi connectivity index (χ3n) is 3.67. The van der Waals surface area contributed by atoms with Crippen LogP contribution in [0.25, 0.3) is 0 Å². The number of amides is 1. The van der Waals surface area contributed by atoms with Crippen LogP contribution in [-0.4, -0.2) is 29.9 Å². The summed E-state index contributed by atoms with van der Waals surface area (Å²) in [5, 5.41) is 0.160. The van der Waals surface area contributed by atoms with Crippen molar-refractivity contribution in [1.82, 2.24) is 4.90 Å². The minimum absolute atomic E-state index is 0. The summed E-state index contributed by atoms with van der Waals surface area (Å²) in [5.41, 5.74) is 5.86. The number of carbonyl (C=O) groups is 1. The van der Waals surface area contributed by atoms with Crippen molar-refractivity contribution in [3.05, 3.63) is 34.6 Å². The van der Waals surface area contributed by atoms with Gasteiger partial charge in [-0.15, -0.1) is 12.4 Å². The first-order chi connectivity index (χ1) is 9.00. The Morgan fingerprint density at radius 2 is 2.25 bits per heavy atom. The monoisotopic (exact) mass is 320 g/mol. The summed E-state index contributed by atoms with van der Waals surface area (Å²) in [6.45, 7) is 3.14. The fourth-order valence-corrected chi connectivity index (χ4v) is 2.73. The molecule has 2 unspecified atom stereocenters. The van der Waals surface area contributed by atoms with Crippen molar-refractivity contribution < 1.29 is 9.18 Å². The number of piperidine rings is 1. The first-order valence-corrected chi connectivity index (χ1v) is 6.87. The lowest BCUT2D eigenvalue weighted by Gasteiger charge is -2.34. The van der Waals surface area contributed by atoms with E-state index in [0.29, 0.717) is 13.1 Å². The zero-order chi connectivity index (χ0) is 14.0. The first-order valence-electron chi connectivity index (χ1n) is 6.49. The number of likely N-dealkylation sites (tertiary alicyclic amines) is 1. The number of rotatable bonds is 2. The minimum Gasteiger partial charge on any atom is -0.338 e. The van der Waals surface area contributed by atoms with Crippen molar-refractivity contribution in [2.24, 2.45) is 11.7 Å². The molecule has 2 atom stereocenters. The summed E-state index contributed by atoms with van der Waals surface area (Å²) < 4.78 is 13.8. The summed E-state index contributed by atoms with van der Waals surface area (Å²) in [5.74, 6) is -0.642. The molecule has 0 saturated carbocycles. The van der Waals surface area contributed by atoms with Gasteiger partial charge in [0.15, 0.2) is 0 Å². The predicted molar refractivity (Wildman–Crippen MR) is 80.9 cm³/mol. The topological polar surface area (TPSA) is 46.3 Å². The molecule has 0 radical (unpaired) electrons. The Bertz CT molecular complexity index is 462. The second-order valence-electron chi connectivity index (χ2n) is 5.11. The Morgan fingerprint density at radius 1 is 1.55 bits per heavy atom. The Balaban J connectivity index is 0.00000200. The SMILES string of the molecule is CC(N)C1CCCN(C(=O)c2c(F)cccc2Cl)C1.Cl. The van der Waals surface area contributed by atoms with E-state index in [0.717, 1.165) is 12.8 Å². The summed E-state index contributed by atoms with van der Waals surface area (Å²) in [4.78, 5) is 14.0. The number of nitrogens with zero attached hydrogens (tertiary/aromatic N) is 1. The number of nitrogens with two attached hydrogens (primary N) is 1. The van der Waals surface area contributed by atoms with Gasteiger partial charge in [0, 0.05) is 19.1 Å². The van der Waals surface area contributed by atoms with Gasteiger partial charge in [-0.2, -0.15) is 0 Å². The number of hydrogen-bond acceptors (Lipinski definition) is 2. The van der Waals surface area contributed by atoms with E-state index < -0.39 is 5.82 Å². The van der Waals surface area contributed by atoms with Crippen LogP contribution < -0.4 is 5.73 Å². The number of carbonyl (C=O) groups excluding carboxylic acids is 1. The molecule has 0 aromatic heterocycles. The Labute approximate surface area is 129 Å². The molecule has 1 saturated heterocycles. The fraction of sp³-hybridized carbons (Fsp3) is 0.500. The van der Waals surface area contributed by atoms with Crippen LogP contribution in [0, 0.1) is 11.7 Å². The number of hydrogen-bond donors (Lipinski definition) is 1. The normalized spacial score (nSPS) is 20.2. The maximum Gasteiger partial charge on any atom is 0.258 e. The zero-order valence-electron chi connectivity index (χ0n) is 11.3. The first kappa shape index (κ1) is 17.2. The summed E-state index contributed by atoms with van der Waals surface area (Å²) >= 11 is 5.93. The van der Waals surface area contributed by atoms with Gasteiger partial charge in [0.2, 0.25) is 0 Å². The van der Waals surface area contributed by atoms with E-state index in [1.54, 1.807) is 4.90 Å². The van der Waals surface area contributed by atoms with Crippen LogP contribution in [0.3, 0.4) is 0 Å². The summed E-state index contributed by atoms with van der Waals surface area (Å²) in [7, 11) is 0. The molecule has 1 fully saturated rings. The van der Waals surface area contributed by atoms with Gasteiger partial charge in [0.1, 0.15) is 5.82 Å². The zero-order valence-corrected chi connectivity index (χ0v) is 12.9. The van der Waals surface area contributed by atoms with Gasteiger partial charge in [0.25, 0.3) is 5.91 Å². The van der Waals surface area contributed by atoms with Gasteiger partial charge in [-0.1, -0.05) is 17.7 Å². The average Bonchev–Trinajstić information content (AvgIpc) is 2.38. The van der Waals surface area contributed by atoms with Crippen molar-refractivity contribution in [2.75, 3.05) is 13.1 Å². The predicted octanol–water partition coefficient (Wildman–Crippen LogP) is 3.10. The van der Waals surface area contributed by atoms with E-state index in [4.69, 9.17) is 17.3 Å². The third-order valence-corrected chi connectivity index (χ3v) is 3.98. The molecule has 2 N–H and O–H groups in total. The molecule has 2 rings (SSSR count). The highest BCUT2D eigenvalue weighted by molar-refractivity contribution is 6.33. The van der Waals surface area contributed by atoms with E-state index in [2.05, 4.69) is 0 Å². The summed E-state index contributed by atoms with van der Waals surface area (Å²) in [6, 6.07) is 4.32. The molecule has 1 aromatic rings. The molecule has 1 aromatic carbocycles. The van der Waals surface area contributed by atoms with Crippen LogP contribution in [0.1, 0.15) is 30.1 Å². The van der Waals surface area contributed by atoms with Gasteiger partial charge in [-0.25, -0.2) is 4.39 Å². The lowest BCUT2D eigenvalue weighted by molar-refractivity contribution is 0.0656. The number of benzene rings is 1. The standard InChI is InChI=1S/C14H18ClFN2O.ClH/c1-9(17)10-4-3-7-18(8-10)14(19)13-11(15)5-2-6-12(13)16;/h2,5-6,9-10H,3-4,7-8,17H2,1H3;1H. The van der Waals surface area contributed by atoms with E-state index >= 15 is 0 Å². The molecule has 3 nitrogen and oxygen atoms in total. The van der Waals surface area contributed by atoms with E-state index in [1.807, 2.05) is 6.92 Å². The Morgan fingerprint density at radius 3 is 2.85 bits per heavy atom. The molecule has 1 aliphatic heterocycles. The van der Waals surface area contributed by atoms with Gasteiger partial charge in [-0.3, -0.25) is 4.79 Å². The van der Waals surface area contributed by atoms with Crippen LogP contribution in [0.4, 0.5) is 4.39 Å². The van der Waals surface area contributed by atoms with E-state index in [9.17, 15) is 9.18 Å². The molecular formula is C14H19Cl2FN2O. The molecule has 1 amide bonds. The molecule has 0 spiro atoms. The smallest absolute Gasteiger partial charge is 0.258 e. The van der Waals surface area contributed by atoms with E-state index in [-0.39, 0.29) is 40.9 Å². The second-order valence-corrected chi connectivity index (χ2v) is 5.52. The second kappa shape index (κ2) is 7.25. The Kier molecular flexibility index (Phi) is 6.24. The van der Waals surface area contributed by atoms with Crippen molar-refractivity contribution in [3.63, 3.8) is 0 Å². The highest BCUT2D eigenvalue weighted by Crippen LogP contribution is 2.25. The molecule has 112 valence electrons. The summed E-state index contributed by atoms with van der Waals surface area (Å²) in [6.07, 6.45) is 1.90. The van der Waals surface area contributed by atoms with E-state index in [1.165, 1.54) is 18.2 Å². The van der Waals surface area contributed by atoms with Crippen LogP contribution in [0.15, 0.2) is 18.2 Å². The molecule has 1 heterocycles. The molecule has 0 bridgehead atoms. The fourth-order valence-electron chi connectivity index (χ4n) is 2.48. The Hall–Kier alpha value is -0.840. The largest absolute Gasteiger partial charge is 0.338 e. The molecule has 1 aliphatic rings. The molecule has 6 heteroatoms. The van der Waals surface area contributed by atoms with Crippen molar-refractivity contribution in [3.8, 4) is 0 Å². The number of halogens is 3. The molecular weight excluding hydrogens is 302 g/mol. The van der Waals surface area contributed by atoms with Crippen LogP contribution in [0.5, 0.6) is 0 Å². The lowest BCUT2D eigenvalue weighted by atomic mass is 9.92. The highest BCUT2D eigenvalue weighted by Gasteiger charge is 2.28.